The van der Waals surface area contributed by atoms with Gasteiger partial charge in [-0.1, -0.05) is 6.07 Å². The fourth-order valence-corrected chi connectivity index (χ4v) is 3.55. The number of likely N-dealkylation sites (N-methyl/N-ethyl adjacent to an activating group) is 1. The second kappa shape index (κ2) is 6.46. The molecule has 1 fully saturated rings. The van der Waals surface area contributed by atoms with Gasteiger partial charge in [0.1, 0.15) is 11.5 Å². The quantitative estimate of drug-likeness (QED) is 0.789. The number of nitrogens with zero attached hydrogens (tertiary/aromatic N) is 5. The minimum atomic E-state index is -0.0879. The lowest BCUT2D eigenvalue weighted by Gasteiger charge is -2.21. The number of aromatic nitrogens is 3. The number of imidazole rings is 1. The standard InChI is InChI=1S/C19H23N5O/c1-22(2)15-8-10-23(12-15)17-7-6-14(11-20-17)19-16(13-25)21-18-5-3-4-9-24(18)19/h3-7,9,11,15,25H,8,10,12-13H2,1-2H3. The molecule has 1 aliphatic rings. The molecule has 1 aliphatic heterocycles. The Hall–Kier alpha value is -2.44. The number of anilines is 1. The van der Waals surface area contributed by atoms with E-state index in [1.165, 1.54) is 6.42 Å². The van der Waals surface area contributed by atoms with E-state index in [4.69, 9.17) is 0 Å². The fourth-order valence-electron chi connectivity index (χ4n) is 3.55. The summed E-state index contributed by atoms with van der Waals surface area (Å²) in [7, 11) is 4.26. The van der Waals surface area contributed by atoms with Gasteiger partial charge in [0.2, 0.25) is 0 Å². The Balaban J connectivity index is 1.65. The van der Waals surface area contributed by atoms with Gasteiger partial charge in [0.25, 0.3) is 0 Å². The van der Waals surface area contributed by atoms with Crippen LogP contribution in [0.3, 0.4) is 0 Å². The van der Waals surface area contributed by atoms with E-state index in [0.717, 1.165) is 35.8 Å². The molecule has 0 bridgehead atoms. The number of hydrogen-bond donors (Lipinski definition) is 1. The summed E-state index contributed by atoms with van der Waals surface area (Å²) in [6.45, 7) is 1.96. The molecule has 25 heavy (non-hydrogen) atoms. The average Bonchev–Trinajstić information content (AvgIpc) is 3.26. The first-order valence-corrected chi connectivity index (χ1v) is 8.62. The second-order valence-corrected chi connectivity index (χ2v) is 6.75. The highest BCUT2D eigenvalue weighted by Crippen LogP contribution is 2.27. The lowest BCUT2D eigenvalue weighted by atomic mass is 10.1. The molecule has 0 saturated carbocycles. The van der Waals surface area contributed by atoms with Crippen molar-refractivity contribution in [1.82, 2.24) is 19.3 Å². The lowest BCUT2D eigenvalue weighted by Crippen LogP contribution is -2.31. The normalized spacial score (nSPS) is 17.8. The molecule has 0 aromatic carbocycles. The minimum absolute atomic E-state index is 0.0879. The molecule has 4 rings (SSSR count). The molecular weight excluding hydrogens is 314 g/mol. The molecule has 0 amide bonds. The van der Waals surface area contributed by atoms with Crippen LogP contribution in [0.5, 0.6) is 0 Å². The summed E-state index contributed by atoms with van der Waals surface area (Å²) in [5, 5.41) is 9.68. The highest BCUT2D eigenvalue weighted by atomic mass is 16.3. The average molecular weight is 337 g/mol. The molecule has 130 valence electrons. The van der Waals surface area contributed by atoms with Crippen molar-refractivity contribution in [3.05, 3.63) is 48.4 Å². The monoisotopic (exact) mass is 337 g/mol. The Bertz CT molecular complexity index is 871. The van der Waals surface area contributed by atoms with Crippen LogP contribution in [0.2, 0.25) is 0 Å². The number of rotatable bonds is 4. The molecule has 1 atom stereocenters. The van der Waals surface area contributed by atoms with Crippen LogP contribution in [-0.2, 0) is 6.61 Å². The van der Waals surface area contributed by atoms with Gasteiger partial charge in [-0.2, -0.15) is 0 Å². The van der Waals surface area contributed by atoms with Crippen molar-refractivity contribution < 1.29 is 5.11 Å². The first-order chi connectivity index (χ1) is 12.2. The van der Waals surface area contributed by atoms with Crippen LogP contribution in [0.1, 0.15) is 12.1 Å². The summed E-state index contributed by atoms with van der Waals surface area (Å²) < 4.78 is 2.00. The van der Waals surface area contributed by atoms with Gasteiger partial charge in [-0.05, 0) is 44.8 Å². The Labute approximate surface area is 147 Å². The van der Waals surface area contributed by atoms with Crippen LogP contribution in [-0.4, -0.2) is 57.6 Å². The number of pyridine rings is 2. The van der Waals surface area contributed by atoms with Crippen LogP contribution in [0, 0.1) is 0 Å². The number of hydrogen-bond acceptors (Lipinski definition) is 5. The predicted molar refractivity (Wildman–Crippen MR) is 98.7 cm³/mol. The maximum absolute atomic E-state index is 9.68. The number of aliphatic hydroxyl groups excluding tert-OH is 1. The third-order valence-corrected chi connectivity index (χ3v) is 4.99. The Morgan fingerprint density at radius 2 is 2.12 bits per heavy atom. The molecule has 1 unspecified atom stereocenters. The van der Waals surface area contributed by atoms with Crippen molar-refractivity contribution in [3.8, 4) is 11.3 Å². The van der Waals surface area contributed by atoms with E-state index in [2.05, 4.69) is 46.0 Å². The molecule has 1 saturated heterocycles. The zero-order chi connectivity index (χ0) is 17.4. The van der Waals surface area contributed by atoms with E-state index in [1.807, 2.05) is 35.0 Å². The van der Waals surface area contributed by atoms with Crippen molar-refractivity contribution in [1.29, 1.82) is 0 Å². The highest BCUT2D eigenvalue weighted by Gasteiger charge is 2.25. The molecule has 1 N–H and O–H groups in total. The maximum Gasteiger partial charge on any atom is 0.137 e. The molecule has 3 aromatic rings. The van der Waals surface area contributed by atoms with Crippen LogP contribution in [0.4, 0.5) is 5.82 Å². The summed E-state index contributed by atoms with van der Waals surface area (Å²) in [5.41, 5.74) is 3.38. The van der Waals surface area contributed by atoms with Gasteiger partial charge >= 0.3 is 0 Å². The van der Waals surface area contributed by atoms with Gasteiger partial charge in [0.15, 0.2) is 0 Å². The fraction of sp³-hybridized carbons (Fsp3) is 0.368. The van der Waals surface area contributed by atoms with Crippen LogP contribution >= 0.6 is 0 Å². The van der Waals surface area contributed by atoms with Gasteiger partial charge in [-0.25, -0.2) is 9.97 Å². The molecule has 4 heterocycles. The van der Waals surface area contributed by atoms with E-state index in [0.29, 0.717) is 11.7 Å². The lowest BCUT2D eigenvalue weighted by molar-refractivity contribution is 0.278. The summed E-state index contributed by atoms with van der Waals surface area (Å²) >= 11 is 0. The summed E-state index contributed by atoms with van der Waals surface area (Å²) in [4.78, 5) is 13.8. The van der Waals surface area contributed by atoms with Gasteiger partial charge < -0.3 is 14.9 Å². The molecule has 6 nitrogen and oxygen atoms in total. The van der Waals surface area contributed by atoms with Crippen LogP contribution < -0.4 is 4.90 Å². The Kier molecular flexibility index (Phi) is 4.15. The van der Waals surface area contributed by atoms with Crippen LogP contribution in [0.15, 0.2) is 42.7 Å². The molecule has 3 aromatic heterocycles. The van der Waals surface area contributed by atoms with Crippen molar-refractivity contribution >= 4 is 11.5 Å². The Morgan fingerprint density at radius 3 is 2.80 bits per heavy atom. The first kappa shape index (κ1) is 16.1. The second-order valence-electron chi connectivity index (χ2n) is 6.75. The minimum Gasteiger partial charge on any atom is -0.390 e. The number of aliphatic hydroxyl groups is 1. The first-order valence-electron chi connectivity index (χ1n) is 8.62. The van der Waals surface area contributed by atoms with E-state index in [-0.39, 0.29) is 6.61 Å². The zero-order valence-corrected chi connectivity index (χ0v) is 14.6. The Morgan fingerprint density at radius 1 is 1.24 bits per heavy atom. The molecule has 0 spiro atoms. The maximum atomic E-state index is 9.68. The molecular formula is C19H23N5O. The topological polar surface area (TPSA) is 56.9 Å². The molecule has 0 radical (unpaired) electrons. The van der Waals surface area contributed by atoms with E-state index in [9.17, 15) is 5.11 Å². The van der Waals surface area contributed by atoms with Gasteiger partial charge in [0.05, 0.1) is 18.0 Å². The molecule has 0 aliphatic carbocycles. The SMILES string of the molecule is CN(C)C1CCN(c2ccc(-c3c(CO)nc4ccccn34)cn2)C1. The van der Waals surface area contributed by atoms with Crippen molar-refractivity contribution in [2.75, 3.05) is 32.1 Å². The number of fused-ring (bicyclic) bond motifs is 1. The zero-order valence-electron chi connectivity index (χ0n) is 14.6. The highest BCUT2D eigenvalue weighted by molar-refractivity contribution is 5.67. The van der Waals surface area contributed by atoms with Crippen molar-refractivity contribution in [3.63, 3.8) is 0 Å². The van der Waals surface area contributed by atoms with Crippen molar-refractivity contribution in [2.24, 2.45) is 0 Å². The van der Waals surface area contributed by atoms with Crippen molar-refractivity contribution in [2.45, 2.75) is 19.1 Å². The largest absolute Gasteiger partial charge is 0.390 e. The van der Waals surface area contributed by atoms with E-state index >= 15 is 0 Å². The van der Waals surface area contributed by atoms with E-state index in [1.54, 1.807) is 0 Å². The predicted octanol–water partition coefficient (Wildman–Crippen LogP) is 2.03. The summed E-state index contributed by atoms with van der Waals surface area (Å²) in [6.07, 6.45) is 5.01. The van der Waals surface area contributed by atoms with Gasteiger partial charge in [-0.3, -0.25) is 4.40 Å². The van der Waals surface area contributed by atoms with Gasteiger partial charge in [-0.15, -0.1) is 0 Å². The van der Waals surface area contributed by atoms with Crippen LogP contribution in [0.25, 0.3) is 16.9 Å². The summed E-state index contributed by atoms with van der Waals surface area (Å²) in [5.74, 6) is 1.01. The molecule has 6 heteroatoms. The third-order valence-electron chi connectivity index (χ3n) is 4.99. The van der Waals surface area contributed by atoms with E-state index < -0.39 is 0 Å². The summed E-state index contributed by atoms with van der Waals surface area (Å²) in [6, 6.07) is 10.6. The smallest absolute Gasteiger partial charge is 0.137 e. The third kappa shape index (κ3) is 2.88. The van der Waals surface area contributed by atoms with Gasteiger partial charge in [0, 0.05) is 37.1 Å².